The van der Waals surface area contributed by atoms with Crippen LogP contribution >= 0.6 is 0 Å². The average molecular weight is 379 g/mol. The second-order valence-corrected chi connectivity index (χ2v) is 7.72. The number of aliphatic hydroxyl groups excluding tert-OH is 1. The van der Waals surface area contributed by atoms with Crippen LogP contribution in [-0.4, -0.2) is 46.3 Å². The number of ether oxygens (including phenoxy) is 1. The van der Waals surface area contributed by atoms with E-state index < -0.39 is 5.60 Å². The van der Waals surface area contributed by atoms with Crippen molar-refractivity contribution < 1.29 is 19.6 Å². The van der Waals surface area contributed by atoms with Gasteiger partial charge in [-0.05, 0) is 63.6 Å². The van der Waals surface area contributed by atoms with Gasteiger partial charge in [-0.15, -0.1) is 0 Å². The number of hydrogen-bond acceptors (Lipinski definition) is 6. The second kappa shape index (κ2) is 9.03. The molecule has 27 heavy (non-hydrogen) atoms. The summed E-state index contributed by atoms with van der Waals surface area (Å²) in [4.78, 5) is 25.0. The molecule has 0 bridgehead atoms. The van der Waals surface area contributed by atoms with Crippen molar-refractivity contribution in [3.63, 3.8) is 0 Å². The molecule has 1 aliphatic rings. The molecule has 0 atom stereocenters. The van der Waals surface area contributed by atoms with Gasteiger partial charge >= 0.3 is 6.09 Å². The van der Waals surface area contributed by atoms with Crippen molar-refractivity contribution in [3.05, 3.63) is 33.4 Å². The summed E-state index contributed by atoms with van der Waals surface area (Å²) >= 11 is 0. The number of benzene rings is 1. The van der Waals surface area contributed by atoms with Gasteiger partial charge in [-0.2, -0.15) is 0 Å². The molecule has 8 nitrogen and oxygen atoms in total. The summed E-state index contributed by atoms with van der Waals surface area (Å²) in [5, 5.41) is 23.5. The normalized spacial score (nSPS) is 13.9. The van der Waals surface area contributed by atoms with Crippen molar-refractivity contribution in [3.8, 4) is 0 Å². The summed E-state index contributed by atoms with van der Waals surface area (Å²) in [5.74, 6) is 0. The molecule has 1 aromatic rings. The van der Waals surface area contributed by atoms with Crippen LogP contribution in [0.4, 0.5) is 16.2 Å². The summed E-state index contributed by atoms with van der Waals surface area (Å²) in [5.41, 5.74) is 1.84. The Kier molecular flexibility index (Phi) is 7.01. The molecule has 2 N–H and O–H groups in total. The van der Waals surface area contributed by atoms with Gasteiger partial charge in [0.25, 0.3) is 5.69 Å². The van der Waals surface area contributed by atoms with Crippen LogP contribution in [0.5, 0.6) is 0 Å². The van der Waals surface area contributed by atoms with Gasteiger partial charge in [-0.1, -0.05) is 0 Å². The third-order valence-electron chi connectivity index (χ3n) is 4.37. The molecule has 8 heteroatoms. The number of amides is 1. The van der Waals surface area contributed by atoms with Crippen LogP contribution in [0.2, 0.25) is 0 Å². The molecule has 0 spiro atoms. The average Bonchev–Trinajstić information content (AvgIpc) is 2.59. The Morgan fingerprint density at radius 1 is 1.33 bits per heavy atom. The first-order valence-corrected chi connectivity index (χ1v) is 9.34. The lowest BCUT2D eigenvalue weighted by Gasteiger charge is -2.32. The van der Waals surface area contributed by atoms with Gasteiger partial charge in [-0.25, -0.2) is 4.79 Å². The van der Waals surface area contributed by atoms with E-state index >= 15 is 0 Å². The molecule has 150 valence electrons. The van der Waals surface area contributed by atoms with E-state index in [-0.39, 0.29) is 23.3 Å². The number of carbonyl (C=O) groups excluding carboxylic acids is 1. The third-order valence-corrected chi connectivity index (χ3v) is 4.37. The smallest absolute Gasteiger partial charge is 0.410 e. The summed E-state index contributed by atoms with van der Waals surface area (Å²) in [7, 11) is 0. The fourth-order valence-electron chi connectivity index (χ4n) is 3.10. The fraction of sp³-hybridized carbons (Fsp3) is 0.632. The van der Waals surface area contributed by atoms with Gasteiger partial charge in [0.05, 0.1) is 4.92 Å². The predicted molar refractivity (Wildman–Crippen MR) is 103 cm³/mol. The van der Waals surface area contributed by atoms with Crippen LogP contribution < -0.4 is 5.32 Å². The lowest BCUT2D eigenvalue weighted by Crippen LogP contribution is -2.40. The molecular weight excluding hydrogens is 350 g/mol. The number of anilines is 1. The number of unbranched alkanes of at least 4 members (excludes halogenated alkanes) is 2. The van der Waals surface area contributed by atoms with Crippen LogP contribution in [0, 0.1) is 10.1 Å². The van der Waals surface area contributed by atoms with Gasteiger partial charge in [0, 0.05) is 32.3 Å². The molecule has 1 heterocycles. The zero-order valence-corrected chi connectivity index (χ0v) is 16.3. The second-order valence-electron chi connectivity index (χ2n) is 7.72. The number of nitro groups is 1. The maximum Gasteiger partial charge on any atom is 0.410 e. The molecule has 0 fully saturated rings. The fourth-order valence-corrected chi connectivity index (χ4v) is 3.10. The van der Waals surface area contributed by atoms with Crippen molar-refractivity contribution in [2.75, 3.05) is 25.0 Å². The minimum absolute atomic E-state index is 0.0571. The highest BCUT2D eigenvalue weighted by Crippen LogP contribution is 2.34. The van der Waals surface area contributed by atoms with Gasteiger partial charge in [0.15, 0.2) is 0 Å². The zero-order valence-electron chi connectivity index (χ0n) is 16.3. The number of hydrogen-bond donors (Lipinski definition) is 2. The Morgan fingerprint density at radius 2 is 2.07 bits per heavy atom. The lowest BCUT2D eigenvalue weighted by molar-refractivity contribution is -0.384. The Hall–Kier alpha value is -2.35. The van der Waals surface area contributed by atoms with Crippen molar-refractivity contribution in [2.45, 2.75) is 58.6 Å². The first-order chi connectivity index (χ1) is 12.7. The first-order valence-electron chi connectivity index (χ1n) is 9.34. The van der Waals surface area contributed by atoms with Crippen molar-refractivity contribution in [1.82, 2.24) is 4.90 Å². The molecule has 2 rings (SSSR count). The molecule has 1 amide bonds. The number of carbonyl (C=O) groups is 1. The first kappa shape index (κ1) is 21.0. The van der Waals surface area contributed by atoms with Crippen molar-refractivity contribution in [2.24, 2.45) is 0 Å². The lowest BCUT2D eigenvalue weighted by atomic mass is 9.96. The van der Waals surface area contributed by atoms with E-state index in [1.807, 2.05) is 20.8 Å². The SMILES string of the molecule is CC(C)(C)OC(=O)N1CCc2c(ccc([N+](=O)[O-])c2NCCCCCO)C1. The molecule has 1 aliphatic heterocycles. The van der Waals surface area contributed by atoms with Crippen LogP contribution in [0.15, 0.2) is 12.1 Å². The largest absolute Gasteiger partial charge is 0.444 e. The Balaban J connectivity index is 2.15. The molecule has 0 unspecified atom stereocenters. The molecule has 0 radical (unpaired) electrons. The number of nitrogens with one attached hydrogen (secondary N) is 1. The van der Waals surface area contributed by atoms with E-state index in [9.17, 15) is 14.9 Å². The Labute approximate surface area is 159 Å². The van der Waals surface area contributed by atoms with E-state index in [2.05, 4.69) is 5.32 Å². The maximum atomic E-state index is 12.3. The van der Waals surface area contributed by atoms with Gasteiger partial charge in [0.2, 0.25) is 0 Å². The predicted octanol–water partition coefficient (Wildman–Crippen LogP) is 3.46. The summed E-state index contributed by atoms with van der Waals surface area (Å²) in [6.45, 7) is 7.07. The zero-order chi connectivity index (χ0) is 20.0. The number of nitro benzene ring substituents is 1. The van der Waals surface area contributed by atoms with E-state index in [0.717, 1.165) is 30.4 Å². The Bertz CT molecular complexity index is 685. The van der Waals surface area contributed by atoms with Gasteiger partial charge < -0.3 is 20.1 Å². The summed E-state index contributed by atoms with van der Waals surface area (Å²) in [6.07, 6.45) is 2.57. The van der Waals surface area contributed by atoms with Gasteiger partial charge in [-0.3, -0.25) is 10.1 Å². The highest BCUT2D eigenvalue weighted by Gasteiger charge is 2.29. The van der Waals surface area contributed by atoms with Crippen LogP contribution in [-0.2, 0) is 17.7 Å². The quantitative estimate of drug-likeness (QED) is 0.427. The third kappa shape index (κ3) is 5.82. The maximum absolute atomic E-state index is 12.3. The Morgan fingerprint density at radius 3 is 2.70 bits per heavy atom. The van der Waals surface area contributed by atoms with Crippen LogP contribution in [0.3, 0.4) is 0 Å². The van der Waals surface area contributed by atoms with Crippen LogP contribution in [0.1, 0.15) is 51.2 Å². The number of rotatable bonds is 7. The molecule has 0 saturated carbocycles. The highest BCUT2D eigenvalue weighted by atomic mass is 16.6. The number of aliphatic hydroxyl groups is 1. The minimum atomic E-state index is -0.561. The molecule has 0 saturated heterocycles. The topological polar surface area (TPSA) is 105 Å². The van der Waals surface area contributed by atoms with E-state index in [4.69, 9.17) is 9.84 Å². The van der Waals surface area contributed by atoms with Gasteiger partial charge in [0.1, 0.15) is 11.3 Å². The van der Waals surface area contributed by atoms with Crippen molar-refractivity contribution >= 4 is 17.5 Å². The number of fused-ring (bicyclic) bond motifs is 1. The summed E-state index contributed by atoms with van der Waals surface area (Å²) in [6, 6.07) is 3.22. The van der Waals surface area contributed by atoms with Crippen molar-refractivity contribution in [1.29, 1.82) is 0 Å². The minimum Gasteiger partial charge on any atom is -0.444 e. The van der Waals surface area contributed by atoms with E-state index in [1.54, 1.807) is 11.0 Å². The monoisotopic (exact) mass is 379 g/mol. The van der Waals surface area contributed by atoms with Crippen LogP contribution in [0.25, 0.3) is 0 Å². The highest BCUT2D eigenvalue weighted by molar-refractivity contribution is 5.72. The molecule has 0 aromatic heterocycles. The molecule has 0 aliphatic carbocycles. The number of nitrogens with zero attached hydrogens (tertiary/aromatic N) is 2. The van der Waals surface area contributed by atoms with E-state index in [0.29, 0.717) is 31.7 Å². The molecule has 1 aromatic carbocycles. The molecular formula is C19H29N3O5. The summed E-state index contributed by atoms with van der Waals surface area (Å²) < 4.78 is 5.43. The van der Waals surface area contributed by atoms with E-state index in [1.165, 1.54) is 6.07 Å². The standard InChI is InChI=1S/C19H29N3O5/c1-19(2,3)27-18(24)21-11-9-15-14(13-21)7-8-16(22(25)26)17(15)20-10-5-4-6-12-23/h7-8,20,23H,4-6,9-13H2,1-3H3.